The normalized spacial score (nSPS) is 20.4. The van der Waals surface area contributed by atoms with E-state index in [4.69, 9.17) is 0 Å². The van der Waals surface area contributed by atoms with Crippen LogP contribution in [0.15, 0.2) is 48.0 Å². The van der Waals surface area contributed by atoms with E-state index in [1.54, 1.807) is 11.3 Å². The highest BCUT2D eigenvalue weighted by Crippen LogP contribution is 2.47. The Balaban J connectivity index is 1.64. The molecule has 3 nitrogen and oxygen atoms in total. The van der Waals surface area contributed by atoms with Crippen LogP contribution < -0.4 is 5.32 Å². The van der Waals surface area contributed by atoms with Crippen molar-refractivity contribution in [3.63, 3.8) is 0 Å². The van der Waals surface area contributed by atoms with Gasteiger partial charge in [-0.15, -0.1) is 11.3 Å². The van der Waals surface area contributed by atoms with Crippen LogP contribution >= 0.6 is 11.3 Å². The Labute approximate surface area is 150 Å². The topological polar surface area (TPSA) is 44.9 Å². The maximum Gasteiger partial charge on any atom is 0.257 e. The van der Waals surface area contributed by atoms with Gasteiger partial charge in [0, 0.05) is 23.4 Å². The Morgan fingerprint density at radius 3 is 2.92 bits per heavy atom. The number of rotatable bonds is 2. The fraction of sp³-hybridized carbons (Fsp3) is 0.190. The van der Waals surface area contributed by atoms with Crippen LogP contribution in [0, 0.1) is 0 Å². The Bertz CT molecular complexity index is 981. The molecule has 0 spiro atoms. The van der Waals surface area contributed by atoms with Gasteiger partial charge >= 0.3 is 0 Å². The summed E-state index contributed by atoms with van der Waals surface area (Å²) in [6, 6.07) is 12.7. The summed E-state index contributed by atoms with van der Waals surface area (Å²) in [5.74, 6) is 0.381. The van der Waals surface area contributed by atoms with Gasteiger partial charge in [-0.05, 0) is 59.5 Å². The molecule has 2 aromatic heterocycles. The third-order valence-corrected chi connectivity index (χ3v) is 6.14. The minimum atomic E-state index is 0.00166. The number of benzene rings is 1. The Kier molecular flexibility index (Phi) is 3.38. The number of hydrogen-bond acceptors (Lipinski definition) is 2. The molecule has 0 fully saturated rings. The summed E-state index contributed by atoms with van der Waals surface area (Å²) < 4.78 is 0. The monoisotopic (exact) mass is 346 g/mol. The van der Waals surface area contributed by atoms with Crippen molar-refractivity contribution < 1.29 is 4.79 Å². The van der Waals surface area contributed by atoms with E-state index in [1.807, 2.05) is 24.4 Å². The van der Waals surface area contributed by atoms with Gasteiger partial charge < -0.3 is 10.3 Å². The van der Waals surface area contributed by atoms with Crippen molar-refractivity contribution in [2.45, 2.75) is 25.2 Å². The van der Waals surface area contributed by atoms with E-state index in [2.05, 4.69) is 39.9 Å². The van der Waals surface area contributed by atoms with Crippen LogP contribution in [0.25, 0.3) is 11.6 Å². The number of hydrogen-bond donors (Lipinski definition) is 2. The summed E-state index contributed by atoms with van der Waals surface area (Å²) >= 11 is 1.64. The fourth-order valence-electron chi connectivity index (χ4n) is 4.09. The van der Waals surface area contributed by atoms with E-state index in [9.17, 15) is 4.79 Å². The number of carbonyl (C=O) groups excluding carboxylic acids is 1. The van der Waals surface area contributed by atoms with E-state index < -0.39 is 0 Å². The van der Waals surface area contributed by atoms with Crippen LogP contribution in [-0.2, 0) is 11.2 Å². The third-order valence-electron chi connectivity index (χ3n) is 5.23. The van der Waals surface area contributed by atoms with Crippen LogP contribution in [-0.4, -0.2) is 10.9 Å². The van der Waals surface area contributed by atoms with Crippen LogP contribution in [0.5, 0.6) is 0 Å². The second-order valence-electron chi connectivity index (χ2n) is 6.68. The van der Waals surface area contributed by atoms with Gasteiger partial charge in [-0.1, -0.05) is 24.3 Å². The van der Waals surface area contributed by atoms with Gasteiger partial charge in [-0.3, -0.25) is 4.79 Å². The molecular weight excluding hydrogens is 328 g/mol. The molecule has 2 aliphatic rings. The van der Waals surface area contributed by atoms with E-state index >= 15 is 0 Å². The lowest BCUT2D eigenvalue weighted by Gasteiger charge is -2.26. The molecule has 0 bridgehead atoms. The first-order valence-corrected chi connectivity index (χ1v) is 9.55. The smallest absolute Gasteiger partial charge is 0.257 e. The second kappa shape index (κ2) is 5.74. The summed E-state index contributed by atoms with van der Waals surface area (Å²) in [5, 5.41) is 6.26. The molecule has 4 heteroatoms. The molecular formula is C21H18N2OS. The van der Waals surface area contributed by atoms with Gasteiger partial charge in [0.15, 0.2) is 0 Å². The molecule has 124 valence electrons. The summed E-state index contributed by atoms with van der Waals surface area (Å²) in [6.45, 7) is 0. The number of aromatic amines is 1. The van der Waals surface area contributed by atoms with Gasteiger partial charge in [0.25, 0.3) is 5.91 Å². The van der Waals surface area contributed by atoms with Crippen molar-refractivity contribution in [1.29, 1.82) is 0 Å². The first kappa shape index (κ1) is 14.7. The molecule has 25 heavy (non-hydrogen) atoms. The van der Waals surface area contributed by atoms with Gasteiger partial charge in [-0.2, -0.15) is 0 Å². The number of nitrogens with one attached hydrogen (secondary N) is 2. The molecule has 0 radical (unpaired) electrons. The Morgan fingerprint density at radius 1 is 1.12 bits per heavy atom. The molecule has 0 saturated heterocycles. The molecule has 1 unspecified atom stereocenters. The van der Waals surface area contributed by atoms with Gasteiger partial charge in [0.05, 0.1) is 5.57 Å². The summed E-state index contributed by atoms with van der Waals surface area (Å²) in [5.41, 5.74) is 7.00. The average Bonchev–Trinajstić information content (AvgIpc) is 3.34. The molecule has 1 atom stereocenters. The van der Waals surface area contributed by atoms with E-state index in [-0.39, 0.29) is 5.91 Å². The molecule has 3 heterocycles. The number of aryl methyl sites for hydroxylation is 1. The van der Waals surface area contributed by atoms with E-state index in [1.165, 1.54) is 23.1 Å². The van der Waals surface area contributed by atoms with E-state index in [0.29, 0.717) is 5.92 Å². The summed E-state index contributed by atoms with van der Waals surface area (Å²) in [7, 11) is 0. The number of fused-ring (bicyclic) bond motifs is 2. The van der Waals surface area contributed by atoms with Crippen molar-refractivity contribution in [1.82, 2.24) is 4.98 Å². The zero-order valence-corrected chi connectivity index (χ0v) is 14.5. The van der Waals surface area contributed by atoms with Gasteiger partial charge in [0.2, 0.25) is 0 Å². The predicted octanol–water partition coefficient (Wildman–Crippen LogP) is 5.04. The van der Waals surface area contributed by atoms with Crippen LogP contribution in [0.1, 0.15) is 46.7 Å². The van der Waals surface area contributed by atoms with Crippen molar-refractivity contribution in [3.8, 4) is 0 Å². The minimum Gasteiger partial charge on any atom is -0.362 e. The van der Waals surface area contributed by atoms with Crippen molar-refractivity contribution in [3.05, 3.63) is 75.9 Å². The van der Waals surface area contributed by atoms with Crippen molar-refractivity contribution in [2.24, 2.45) is 0 Å². The number of thiophene rings is 1. The number of anilines is 1. The van der Waals surface area contributed by atoms with Crippen molar-refractivity contribution in [2.75, 3.05) is 5.32 Å². The molecule has 1 aliphatic carbocycles. The van der Waals surface area contributed by atoms with Gasteiger partial charge in [-0.25, -0.2) is 0 Å². The lowest BCUT2D eigenvalue weighted by atomic mass is 9.78. The Hall–Kier alpha value is -2.59. The molecule has 2 N–H and O–H groups in total. The number of carbonyl (C=O) groups is 1. The predicted molar refractivity (Wildman–Crippen MR) is 103 cm³/mol. The highest BCUT2D eigenvalue weighted by Gasteiger charge is 2.33. The summed E-state index contributed by atoms with van der Waals surface area (Å²) in [4.78, 5) is 15.7. The molecule has 1 aromatic carbocycles. The van der Waals surface area contributed by atoms with Crippen LogP contribution in [0.3, 0.4) is 0 Å². The molecule has 1 aliphatic heterocycles. The molecule has 1 amide bonds. The average molecular weight is 346 g/mol. The van der Waals surface area contributed by atoms with Crippen LogP contribution in [0.2, 0.25) is 0 Å². The second-order valence-corrected chi connectivity index (χ2v) is 7.56. The van der Waals surface area contributed by atoms with E-state index in [0.717, 1.165) is 34.7 Å². The van der Waals surface area contributed by atoms with Gasteiger partial charge in [0.1, 0.15) is 5.00 Å². The molecule has 3 aromatic rings. The van der Waals surface area contributed by atoms with Crippen LogP contribution in [0.4, 0.5) is 5.00 Å². The summed E-state index contributed by atoms with van der Waals surface area (Å²) in [6.07, 6.45) is 7.34. The number of amides is 1. The highest BCUT2D eigenvalue weighted by molar-refractivity contribution is 7.15. The first-order chi connectivity index (χ1) is 12.3. The SMILES string of the molecule is O=C1Nc2scc(C3CCCc4ccccc43)c2C1=Cc1ccc[nH]1. The Morgan fingerprint density at radius 2 is 2.04 bits per heavy atom. The highest BCUT2D eigenvalue weighted by atomic mass is 32.1. The lowest BCUT2D eigenvalue weighted by Crippen LogP contribution is -2.11. The quantitative estimate of drug-likeness (QED) is 0.628. The largest absolute Gasteiger partial charge is 0.362 e. The standard InChI is InChI=1S/C21H18N2OS/c24-20-17(11-14-7-4-10-22-14)19-18(12-25-21(19)23-20)16-9-3-6-13-5-1-2-8-15(13)16/h1-2,4-5,7-8,10-12,16,22H,3,6,9H2,(H,23,24). The molecule has 5 rings (SSSR count). The fourth-order valence-corrected chi connectivity index (χ4v) is 5.11. The first-order valence-electron chi connectivity index (χ1n) is 8.67. The zero-order valence-electron chi connectivity index (χ0n) is 13.7. The number of aromatic nitrogens is 1. The maximum atomic E-state index is 12.5. The third kappa shape index (κ3) is 2.36. The number of H-pyrrole nitrogens is 1. The zero-order chi connectivity index (χ0) is 16.8. The minimum absolute atomic E-state index is 0.00166. The molecule has 0 saturated carbocycles. The van der Waals surface area contributed by atoms with Crippen molar-refractivity contribution >= 4 is 33.9 Å². The maximum absolute atomic E-state index is 12.5. The lowest BCUT2D eigenvalue weighted by molar-refractivity contribution is -0.110.